The minimum atomic E-state index is -3.92. The molecule has 3 N–H and O–H groups in total. The van der Waals surface area contributed by atoms with Crippen LogP contribution in [0.1, 0.15) is 12.0 Å². The topological polar surface area (TPSA) is 72.2 Å². The van der Waals surface area contributed by atoms with Gasteiger partial charge in [0.1, 0.15) is 5.82 Å². The smallest absolute Gasteiger partial charge is 0.232 e. The summed E-state index contributed by atoms with van der Waals surface area (Å²) in [4.78, 5) is 0. The van der Waals surface area contributed by atoms with E-state index in [-0.39, 0.29) is 12.0 Å². The molecule has 102 valence electrons. The Morgan fingerprint density at radius 3 is 2.56 bits per heavy atom. The molecule has 0 saturated carbocycles. The number of anilines is 2. The highest BCUT2D eigenvalue weighted by atomic mass is 32.2. The molecule has 0 amide bonds. The van der Waals surface area contributed by atoms with Gasteiger partial charge in [0.2, 0.25) is 10.0 Å². The zero-order valence-electron chi connectivity index (χ0n) is 9.63. The quantitative estimate of drug-likeness (QED) is 0.811. The zero-order valence-corrected chi connectivity index (χ0v) is 10.5. The van der Waals surface area contributed by atoms with Crippen LogP contribution in [0.5, 0.6) is 0 Å². The van der Waals surface area contributed by atoms with Crippen LogP contribution in [0.3, 0.4) is 0 Å². The summed E-state index contributed by atoms with van der Waals surface area (Å²) in [5, 5.41) is 0. The summed E-state index contributed by atoms with van der Waals surface area (Å²) in [7, 11) is -3.92. The highest BCUT2D eigenvalue weighted by Crippen LogP contribution is 2.27. The Labute approximate surface area is 103 Å². The van der Waals surface area contributed by atoms with E-state index < -0.39 is 45.5 Å². The first kappa shape index (κ1) is 14.6. The second-order valence-electron chi connectivity index (χ2n) is 3.72. The summed E-state index contributed by atoms with van der Waals surface area (Å²) in [6, 6.07) is 0.702. The van der Waals surface area contributed by atoms with E-state index in [1.165, 1.54) is 6.92 Å². The van der Waals surface area contributed by atoms with Crippen molar-refractivity contribution in [2.45, 2.75) is 13.3 Å². The molecule has 1 aromatic carbocycles. The molecule has 18 heavy (non-hydrogen) atoms. The molecule has 0 spiro atoms. The summed E-state index contributed by atoms with van der Waals surface area (Å²) in [5.41, 5.74) is 4.16. The van der Waals surface area contributed by atoms with Crippen molar-refractivity contribution in [1.82, 2.24) is 0 Å². The first-order chi connectivity index (χ1) is 8.28. The molecule has 0 fully saturated rings. The average molecular weight is 282 g/mol. The minimum absolute atomic E-state index is 0.0980. The maximum atomic E-state index is 13.6. The molecule has 0 atom stereocenters. The number of sulfonamides is 1. The maximum Gasteiger partial charge on any atom is 0.232 e. The summed E-state index contributed by atoms with van der Waals surface area (Å²) in [6.07, 6.45) is -0.221. The molecular weight excluding hydrogens is 269 g/mol. The maximum absolute atomic E-state index is 13.6. The van der Waals surface area contributed by atoms with Crippen LogP contribution in [-0.2, 0) is 10.0 Å². The average Bonchev–Trinajstić information content (AvgIpc) is 2.30. The third-order valence-electron chi connectivity index (χ3n) is 2.32. The van der Waals surface area contributed by atoms with E-state index in [4.69, 9.17) is 5.73 Å². The monoisotopic (exact) mass is 282 g/mol. The standard InChI is InChI=1S/C10H13F3N2O2S/c1-6-7(12)5-8(9(13)10(6)14)15-18(16,17)4-2-3-11/h5,15H,2-4,14H2,1H3. The van der Waals surface area contributed by atoms with Gasteiger partial charge in [0.25, 0.3) is 0 Å². The number of nitrogen functional groups attached to an aromatic ring is 1. The second-order valence-corrected chi connectivity index (χ2v) is 5.56. The lowest BCUT2D eigenvalue weighted by Gasteiger charge is -2.11. The van der Waals surface area contributed by atoms with Gasteiger partial charge in [0, 0.05) is 11.6 Å². The van der Waals surface area contributed by atoms with Gasteiger partial charge in [-0.15, -0.1) is 0 Å². The molecule has 0 heterocycles. The van der Waals surface area contributed by atoms with Crippen LogP contribution < -0.4 is 10.5 Å². The highest BCUT2D eigenvalue weighted by Gasteiger charge is 2.18. The minimum Gasteiger partial charge on any atom is -0.396 e. The molecule has 0 aromatic heterocycles. The Kier molecular flexibility index (Phi) is 4.44. The molecule has 1 rings (SSSR count). The van der Waals surface area contributed by atoms with Gasteiger partial charge in [0.15, 0.2) is 5.82 Å². The lowest BCUT2D eigenvalue weighted by atomic mass is 10.1. The van der Waals surface area contributed by atoms with Gasteiger partial charge in [-0.05, 0) is 13.3 Å². The number of nitrogens with one attached hydrogen (secondary N) is 1. The van der Waals surface area contributed by atoms with Crippen LogP contribution in [0.2, 0.25) is 0 Å². The summed E-state index contributed by atoms with van der Waals surface area (Å²) >= 11 is 0. The number of alkyl halides is 1. The molecule has 0 aliphatic rings. The number of nitrogens with two attached hydrogens (primary N) is 1. The number of benzene rings is 1. The van der Waals surface area contributed by atoms with Crippen LogP contribution in [0.4, 0.5) is 24.5 Å². The zero-order chi connectivity index (χ0) is 13.9. The molecule has 0 radical (unpaired) electrons. The number of hydrogen-bond acceptors (Lipinski definition) is 3. The molecule has 8 heteroatoms. The SMILES string of the molecule is Cc1c(F)cc(NS(=O)(=O)CCCF)c(F)c1N. The first-order valence-electron chi connectivity index (χ1n) is 5.09. The highest BCUT2D eigenvalue weighted by molar-refractivity contribution is 7.92. The predicted molar refractivity (Wildman–Crippen MR) is 63.5 cm³/mol. The molecular formula is C10H13F3N2O2S. The molecule has 1 aromatic rings. The van der Waals surface area contributed by atoms with E-state index in [0.717, 1.165) is 0 Å². The van der Waals surface area contributed by atoms with Crippen LogP contribution >= 0.6 is 0 Å². The van der Waals surface area contributed by atoms with Gasteiger partial charge in [-0.3, -0.25) is 9.11 Å². The van der Waals surface area contributed by atoms with Gasteiger partial charge < -0.3 is 5.73 Å². The van der Waals surface area contributed by atoms with Crippen molar-refractivity contribution in [2.75, 3.05) is 22.9 Å². The van der Waals surface area contributed by atoms with Crippen molar-refractivity contribution < 1.29 is 21.6 Å². The van der Waals surface area contributed by atoms with Crippen LogP contribution in [0.25, 0.3) is 0 Å². The van der Waals surface area contributed by atoms with Gasteiger partial charge in [-0.2, -0.15) is 0 Å². The fraction of sp³-hybridized carbons (Fsp3) is 0.400. The normalized spacial score (nSPS) is 11.6. The predicted octanol–water partition coefficient (Wildman–Crippen LogP) is 1.96. The Bertz CT molecular complexity index is 547. The van der Waals surface area contributed by atoms with Gasteiger partial charge in [0.05, 0.1) is 23.8 Å². The van der Waals surface area contributed by atoms with Gasteiger partial charge >= 0.3 is 0 Å². The number of rotatable bonds is 5. The van der Waals surface area contributed by atoms with Crippen LogP contribution in [-0.4, -0.2) is 20.8 Å². The van der Waals surface area contributed by atoms with E-state index in [1.807, 2.05) is 4.72 Å². The lowest BCUT2D eigenvalue weighted by Crippen LogP contribution is -2.18. The molecule has 0 unspecified atom stereocenters. The number of halogens is 3. The van der Waals surface area contributed by atoms with E-state index in [9.17, 15) is 21.6 Å². The Hall–Kier alpha value is -1.44. The van der Waals surface area contributed by atoms with Crippen LogP contribution in [0.15, 0.2) is 6.07 Å². The Morgan fingerprint density at radius 1 is 1.39 bits per heavy atom. The number of hydrogen-bond donors (Lipinski definition) is 2. The van der Waals surface area contributed by atoms with E-state index in [2.05, 4.69) is 0 Å². The van der Waals surface area contributed by atoms with Crippen molar-refractivity contribution in [1.29, 1.82) is 0 Å². The second kappa shape index (κ2) is 5.47. The molecule has 0 saturated heterocycles. The van der Waals surface area contributed by atoms with Gasteiger partial charge in [-0.1, -0.05) is 0 Å². The van der Waals surface area contributed by atoms with Gasteiger partial charge in [-0.25, -0.2) is 17.2 Å². The van der Waals surface area contributed by atoms with Crippen molar-refractivity contribution in [2.24, 2.45) is 0 Å². The van der Waals surface area contributed by atoms with Crippen molar-refractivity contribution in [3.8, 4) is 0 Å². The summed E-state index contributed by atoms with van der Waals surface area (Å²) in [6.45, 7) is 0.461. The molecule has 0 bridgehead atoms. The largest absolute Gasteiger partial charge is 0.396 e. The molecule has 0 aliphatic carbocycles. The van der Waals surface area contributed by atoms with E-state index >= 15 is 0 Å². The van der Waals surface area contributed by atoms with Crippen molar-refractivity contribution in [3.63, 3.8) is 0 Å². The fourth-order valence-electron chi connectivity index (χ4n) is 1.27. The third kappa shape index (κ3) is 3.28. The van der Waals surface area contributed by atoms with E-state index in [1.54, 1.807) is 0 Å². The third-order valence-corrected chi connectivity index (χ3v) is 3.68. The van der Waals surface area contributed by atoms with Crippen LogP contribution in [0, 0.1) is 18.6 Å². The van der Waals surface area contributed by atoms with Crippen molar-refractivity contribution in [3.05, 3.63) is 23.3 Å². The summed E-state index contributed by atoms with van der Waals surface area (Å²) in [5.74, 6) is -2.38. The lowest BCUT2D eigenvalue weighted by molar-refractivity contribution is 0.484. The Balaban J connectivity index is 3.06. The fourth-order valence-corrected chi connectivity index (χ4v) is 2.35. The molecule has 4 nitrogen and oxygen atoms in total. The Morgan fingerprint density at radius 2 is 2.00 bits per heavy atom. The van der Waals surface area contributed by atoms with Crippen molar-refractivity contribution >= 4 is 21.4 Å². The summed E-state index contributed by atoms with van der Waals surface area (Å²) < 4.78 is 63.4. The van der Waals surface area contributed by atoms with E-state index in [0.29, 0.717) is 6.07 Å². The first-order valence-corrected chi connectivity index (χ1v) is 6.74. The molecule has 0 aliphatic heterocycles.